The van der Waals surface area contributed by atoms with Crippen LogP contribution < -0.4 is 5.32 Å². The zero-order chi connectivity index (χ0) is 18.8. The number of hydrogen-bond acceptors (Lipinski definition) is 5. The van der Waals surface area contributed by atoms with Gasteiger partial charge >= 0.3 is 5.97 Å². The normalized spacial score (nSPS) is 10.8. The first-order chi connectivity index (χ1) is 12.4. The second-order valence-electron chi connectivity index (χ2n) is 6.14. The van der Waals surface area contributed by atoms with Gasteiger partial charge in [0.25, 0.3) is 5.91 Å². The number of hydrogen-bond donors (Lipinski definition) is 1. The van der Waals surface area contributed by atoms with Crippen molar-refractivity contribution in [1.82, 2.24) is 20.1 Å². The van der Waals surface area contributed by atoms with Crippen molar-refractivity contribution in [3.8, 4) is 11.3 Å². The molecule has 0 aliphatic carbocycles. The predicted octanol–water partition coefficient (Wildman–Crippen LogP) is 2.15. The van der Waals surface area contributed by atoms with Crippen LogP contribution in [-0.4, -0.2) is 40.3 Å². The Bertz CT molecular complexity index is 1010. The number of nitrogens with zero attached hydrogens (tertiary/aromatic N) is 3. The minimum absolute atomic E-state index is 0.196. The molecule has 0 bridgehead atoms. The van der Waals surface area contributed by atoms with Gasteiger partial charge in [-0.15, -0.1) is 0 Å². The van der Waals surface area contributed by atoms with Gasteiger partial charge in [0, 0.05) is 12.6 Å². The molecule has 0 aliphatic heterocycles. The van der Waals surface area contributed by atoms with Crippen molar-refractivity contribution in [3.05, 3.63) is 47.2 Å². The molecule has 0 aliphatic rings. The highest BCUT2D eigenvalue weighted by molar-refractivity contribution is 6.07. The van der Waals surface area contributed by atoms with E-state index < -0.39 is 5.97 Å². The zero-order valence-corrected chi connectivity index (χ0v) is 15.2. The summed E-state index contributed by atoms with van der Waals surface area (Å²) in [7, 11) is 3.05. The fourth-order valence-corrected chi connectivity index (χ4v) is 2.86. The maximum Gasteiger partial charge on any atom is 0.325 e. The molecule has 0 saturated heterocycles. The number of benzene rings is 1. The summed E-state index contributed by atoms with van der Waals surface area (Å²) >= 11 is 0. The molecule has 134 valence electrons. The SMILES string of the molecule is COC(=O)CNC(=O)c1cc(-c2ccc(C)cc2C)nc2c1cnn2C. The third kappa shape index (κ3) is 3.28. The van der Waals surface area contributed by atoms with Gasteiger partial charge in [0.2, 0.25) is 0 Å². The van der Waals surface area contributed by atoms with Crippen LogP contribution in [0.4, 0.5) is 0 Å². The highest BCUT2D eigenvalue weighted by atomic mass is 16.5. The maximum atomic E-state index is 12.6. The van der Waals surface area contributed by atoms with Crippen LogP contribution in [0.25, 0.3) is 22.3 Å². The van der Waals surface area contributed by atoms with Gasteiger partial charge in [-0.3, -0.25) is 14.3 Å². The Kier molecular flexibility index (Phi) is 4.71. The summed E-state index contributed by atoms with van der Waals surface area (Å²) in [6.45, 7) is 3.84. The van der Waals surface area contributed by atoms with E-state index in [0.717, 1.165) is 16.7 Å². The summed E-state index contributed by atoms with van der Waals surface area (Å²) in [6, 6.07) is 7.80. The topological polar surface area (TPSA) is 86.1 Å². The van der Waals surface area contributed by atoms with E-state index in [2.05, 4.69) is 26.2 Å². The second-order valence-corrected chi connectivity index (χ2v) is 6.14. The van der Waals surface area contributed by atoms with Crippen LogP contribution in [0, 0.1) is 13.8 Å². The Morgan fingerprint density at radius 1 is 1.23 bits per heavy atom. The lowest BCUT2D eigenvalue weighted by Crippen LogP contribution is -2.30. The van der Waals surface area contributed by atoms with Gasteiger partial charge in [-0.2, -0.15) is 5.10 Å². The predicted molar refractivity (Wildman–Crippen MR) is 97.8 cm³/mol. The quantitative estimate of drug-likeness (QED) is 0.727. The number of esters is 1. The summed E-state index contributed by atoms with van der Waals surface area (Å²) in [5.41, 5.74) is 4.87. The third-order valence-corrected chi connectivity index (χ3v) is 4.23. The molecule has 3 aromatic rings. The average Bonchev–Trinajstić information content (AvgIpc) is 2.99. The Labute approximate surface area is 151 Å². The van der Waals surface area contributed by atoms with Gasteiger partial charge < -0.3 is 10.1 Å². The number of rotatable bonds is 4. The van der Waals surface area contributed by atoms with Crippen molar-refractivity contribution in [2.45, 2.75) is 13.8 Å². The minimum atomic E-state index is -0.510. The molecule has 0 saturated carbocycles. The van der Waals surface area contributed by atoms with Crippen molar-refractivity contribution in [3.63, 3.8) is 0 Å². The lowest BCUT2D eigenvalue weighted by Gasteiger charge is -2.10. The van der Waals surface area contributed by atoms with E-state index in [1.807, 2.05) is 26.0 Å². The van der Waals surface area contributed by atoms with Crippen LogP contribution in [0.15, 0.2) is 30.5 Å². The molecule has 2 aromatic heterocycles. The molecular weight excluding hydrogens is 332 g/mol. The number of amides is 1. The summed E-state index contributed by atoms with van der Waals surface area (Å²) in [5.74, 6) is -0.883. The Morgan fingerprint density at radius 2 is 2.00 bits per heavy atom. The van der Waals surface area contributed by atoms with Gasteiger partial charge in [-0.05, 0) is 25.5 Å². The molecule has 2 heterocycles. The highest BCUT2D eigenvalue weighted by Gasteiger charge is 2.18. The van der Waals surface area contributed by atoms with Gasteiger partial charge in [0.05, 0.1) is 30.0 Å². The summed E-state index contributed by atoms with van der Waals surface area (Å²) in [5, 5.41) is 7.41. The lowest BCUT2D eigenvalue weighted by atomic mass is 10.0. The first kappa shape index (κ1) is 17.6. The molecule has 1 aromatic carbocycles. The molecule has 0 unspecified atom stereocenters. The first-order valence-corrected chi connectivity index (χ1v) is 8.16. The number of aryl methyl sites for hydroxylation is 3. The second kappa shape index (κ2) is 6.95. The molecule has 1 N–H and O–H groups in total. The van der Waals surface area contributed by atoms with E-state index in [4.69, 9.17) is 0 Å². The highest BCUT2D eigenvalue weighted by Crippen LogP contribution is 2.27. The molecule has 1 amide bonds. The van der Waals surface area contributed by atoms with Crippen molar-refractivity contribution in [1.29, 1.82) is 0 Å². The number of aromatic nitrogens is 3. The Balaban J connectivity index is 2.10. The van der Waals surface area contributed by atoms with Crippen LogP contribution in [-0.2, 0) is 16.6 Å². The van der Waals surface area contributed by atoms with E-state index >= 15 is 0 Å². The van der Waals surface area contributed by atoms with Crippen molar-refractivity contribution < 1.29 is 14.3 Å². The smallest absolute Gasteiger partial charge is 0.325 e. The Hall–Kier alpha value is -3.22. The van der Waals surface area contributed by atoms with Gasteiger partial charge in [0.15, 0.2) is 5.65 Å². The number of carbonyl (C=O) groups is 2. The summed E-state index contributed by atoms with van der Waals surface area (Å²) in [6.07, 6.45) is 1.60. The van der Waals surface area contributed by atoms with Gasteiger partial charge in [-0.25, -0.2) is 4.98 Å². The molecular formula is C19H20N4O3. The summed E-state index contributed by atoms with van der Waals surface area (Å²) in [4.78, 5) is 28.6. The van der Waals surface area contributed by atoms with Gasteiger partial charge in [-0.1, -0.05) is 23.8 Å². The number of nitrogens with one attached hydrogen (secondary N) is 1. The molecule has 0 atom stereocenters. The molecule has 0 spiro atoms. The molecule has 7 heteroatoms. The van der Waals surface area contributed by atoms with Crippen molar-refractivity contribution >= 4 is 22.9 Å². The number of ether oxygens (including phenoxy) is 1. The largest absolute Gasteiger partial charge is 0.468 e. The van der Waals surface area contributed by atoms with Crippen LogP contribution in [0.5, 0.6) is 0 Å². The molecule has 26 heavy (non-hydrogen) atoms. The van der Waals surface area contributed by atoms with E-state index in [1.165, 1.54) is 7.11 Å². The number of carbonyl (C=O) groups excluding carboxylic acids is 2. The molecule has 7 nitrogen and oxygen atoms in total. The lowest BCUT2D eigenvalue weighted by molar-refractivity contribution is -0.139. The minimum Gasteiger partial charge on any atom is -0.468 e. The van der Waals surface area contributed by atoms with E-state index in [-0.39, 0.29) is 12.5 Å². The number of fused-ring (bicyclic) bond motifs is 1. The van der Waals surface area contributed by atoms with E-state index in [0.29, 0.717) is 22.3 Å². The fraction of sp³-hybridized carbons (Fsp3) is 0.263. The monoisotopic (exact) mass is 352 g/mol. The van der Waals surface area contributed by atoms with E-state index in [9.17, 15) is 9.59 Å². The average molecular weight is 352 g/mol. The molecule has 0 fully saturated rings. The van der Waals surface area contributed by atoms with E-state index in [1.54, 1.807) is 24.0 Å². The summed E-state index contributed by atoms with van der Waals surface area (Å²) < 4.78 is 6.19. The maximum absolute atomic E-state index is 12.6. The molecule has 0 radical (unpaired) electrons. The standard InChI is InChI=1S/C19H20N4O3/c1-11-5-6-13(12(2)7-11)16-8-14(19(25)20-10-17(24)26-4)15-9-21-23(3)18(15)22-16/h5-9H,10H2,1-4H3,(H,20,25). The van der Waals surface area contributed by atoms with Gasteiger partial charge in [0.1, 0.15) is 6.54 Å². The zero-order valence-electron chi connectivity index (χ0n) is 15.2. The van der Waals surface area contributed by atoms with Crippen LogP contribution in [0.3, 0.4) is 0 Å². The van der Waals surface area contributed by atoms with Crippen molar-refractivity contribution in [2.75, 3.05) is 13.7 Å². The van der Waals surface area contributed by atoms with Crippen molar-refractivity contribution in [2.24, 2.45) is 7.05 Å². The molecule has 3 rings (SSSR count). The van der Waals surface area contributed by atoms with Crippen LogP contribution in [0.1, 0.15) is 21.5 Å². The van der Waals surface area contributed by atoms with Crippen LogP contribution >= 0.6 is 0 Å². The Morgan fingerprint density at radius 3 is 2.69 bits per heavy atom. The number of pyridine rings is 1. The fourth-order valence-electron chi connectivity index (χ4n) is 2.86. The van der Waals surface area contributed by atoms with Crippen LogP contribution in [0.2, 0.25) is 0 Å². The third-order valence-electron chi connectivity index (χ3n) is 4.23. The number of methoxy groups -OCH3 is 1. The first-order valence-electron chi connectivity index (χ1n) is 8.16.